The summed E-state index contributed by atoms with van der Waals surface area (Å²) in [5.41, 5.74) is 1.58. The maximum absolute atomic E-state index is 13.4. The van der Waals surface area contributed by atoms with Gasteiger partial charge in [-0.05, 0) is 42.7 Å². The quantitative estimate of drug-likeness (QED) is 0.389. The molecule has 0 radical (unpaired) electrons. The molecule has 1 aliphatic rings. The molecule has 1 atom stereocenters. The summed E-state index contributed by atoms with van der Waals surface area (Å²) in [5, 5.41) is -0.0869. The molecule has 1 saturated heterocycles. The van der Waals surface area contributed by atoms with Crippen LogP contribution in [0.25, 0.3) is 0 Å². The molecule has 3 aromatic rings. The number of methoxy groups -OCH3 is 1. The fraction of sp³-hybridized carbons (Fsp3) is 0.385. The first-order valence-electron chi connectivity index (χ1n) is 11.8. The molecular formula is C26H30FN3O5S. The van der Waals surface area contributed by atoms with Gasteiger partial charge in [-0.1, -0.05) is 30.3 Å². The average Bonchev–Trinajstić information content (AvgIpc) is 3.54. The van der Waals surface area contributed by atoms with Crippen LogP contribution >= 0.6 is 0 Å². The first kappa shape index (κ1) is 26.0. The molecular weight excluding hydrogens is 485 g/mol. The van der Waals surface area contributed by atoms with Gasteiger partial charge in [0.25, 0.3) is 5.91 Å². The number of rotatable bonds is 11. The number of sulfone groups is 1. The van der Waals surface area contributed by atoms with Crippen molar-refractivity contribution >= 4 is 15.7 Å². The topological polar surface area (TPSA) is 90.7 Å². The number of hydrogen-bond donors (Lipinski definition) is 0. The monoisotopic (exact) mass is 515 g/mol. The van der Waals surface area contributed by atoms with Gasteiger partial charge in [-0.15, -0.1) is 0 Å². The highest BCUT2D eigenvalue weighted by Crippen LogP contribution is 2.23. The van der Waals surface area contributed by atoms with Crippen molar-refractivity contribution < 1.29 is 27.1 Å². The molecule has 8 nitrogen and oxygen atoms in total. The third-order valence-corrected chi connectivity index (χ3v) is 7.68. The summed E-state index contributed by atoms with van der Waals surface area (Å²) >= 11 is 0. The predicted molar refractivity (Wildman–Crippen MR) is 132 cm³/mol. The molecule has 1 aliphatic heterocycles. The number of carbonyl (C=O) groups is 1. The lowest BCUT2D eigenvalue weighted by Crippen LogP contribution is -2.34. The Balaban J connectivity index is 1.65. The Hall–Kier alpha value is -3.08. The molecule has 4 rings (SSSR count). The molecule has 1 aromatic heterocycles. The standard InChI is InChI=1S/C26H30FN3O5S/c1-34-15-13-29(25(31)21-6-3-2-4-7-21)17-23-16-28-26(30(23)18-24-8-5-14-35-24)36(32,33)19-20-9-11-22(27)12-10-20/h2-4,6-7,9-12,16,24H,5,8,13-15,17-19H2,1H3/t24-/m0/s1. The second kappa shape index (κ2) is 11.8. The van der Waals surface area contributed by atoms with Crippen molar-refractivity contribution in [1.29, 1.82) is 0 Å². The van der Waals surface area contributed by atoms with Gasteiger partial charge < -0.3 is 18.9 Å². The second-order valence-corrected chi connectivity index (χ2v) is 10.6. The normalized spacial score (nSPS) is 15.8. The van der Waals surface area contributed by atoms with Gasteiger partial charge in [-0.25, -0.2) is 17.8 Å². The van der Waals surface area contributed by atoms with Crippen LogP contribution in [-0.2, 0) is 38.2 Å². The SMILES string of the molecule is COCCN(Cc1cnc(S(=O)(=O)Cc2ccc(F)cc2)n1C[C@@H]1CCCO1)C(=O)c1ccccc1. The van der Waals surface area contributed by atoms with Gasteiger partial charge in [-0.2, -0.15) is 0 Å². The predicted octanol–water partition coefficient (Wildman–Crippen LogP) is 3.46. The van der Waals surface area contributed by atoms with Crippen LogP contribution in [0.5, 0.6) is 0 Å². The first-order chi connectivity index (χ1) is 17.4. The van der Waals surface area contributed by atoms with E-state index in [4.69, 9.17) is 9.47 Å². The Labute approximate surface area is 210 Å². The van der Waals surface area contributed by atoms with E-state index in [1.54, 1.807) is 40.8 Å². The molecule has 10 heteroatoms. The molecule has 2 aromatic carbocycles. The third-order valence-electron chi connectivity index (χ3n) is 6.09. The van der Waals surface area contributed by atoms with Crippen LogP contribution in [0.3, 0.4) is 0 Å². The van der Waals surface area contributed by atoms with Crippen molar-refractivity contribution in [3.05, 3.63) is 83.4 Å². The van der Waals surface area contributed by atoms with E-state index >= 15 is 0 Å². The van der Waals surface area contributed by atoms with E-state index in [0.29, 0.717) is 43.1 Å². The van der Waals surface area contributed by atoms with Crippen LogP contribution in [0.4, 0.5) is 4.39 Å². The average molecular weight is 516 g/mol. The largest absolute Gasteiger partial charge is 0.383 e. The number of benzene rings is 2. The molecule has 192 valence electrons. The Bertz CT molecular complexity index is 1260. The number of ether oxygens (including phenoxy) is 2. The van der Waals surface area contributed by atoms with Gasteiger partial charge in [0.2, 0.25) is 15.0 Å². The summed E-state index contributed by atoms with van der Waals surface area (Å²) in [6.45, 7) is 1.74. The summed E-state index contributed by atoms with van der Waals surface area (Å²) in [6, 6.07) is 14.3. The summed E-state index contributed by atoms with van der Waals surface area (Å²) in [5.74, 6) is -0.934. The molecule has 0 bridgehead atoms. The van der Waals surface area contributed by atoms with Gasteiger partial charge in [0.05, 0.1) is 43.4 Å². The minimum Gasteiger partial charge on any atom is -0.383 e. The minimum absolute atomic E-state index is 0.0869. The van der Waals surface area contributed by atoms with Crippen LogP contribution < -0.4 is 0 Å². The maximum Gasteiger partial charge on any atom is 0.254 e. The lowest BCUT2D eigenvalue weighted by atomic mass is 10.2. The van der Waals surface area contributed by atoms with Crippen LogP contribution in [0.15, 0.2) is 66.0 Å². The molecule has 0 aliphatic carbocycles. The van der Waals surface area contributed by atoms with Crippen molar-refractivity contribution in [3.63, 3.8) is 0 Å². The highest BCUT2D eigenvalue weighted by atomic mass is 32.2. The van der Waals surface area contributed by atoms with Gasteiger partial charge in [0, 0.05) is 25.8 Å². The van der Waals surface area contributed by atoms with E-state index in [1.165, 1.54) is 30.5 Å². The number of carbonyl (C=O) groups excluding carboxylic acids is 1. The molecule has 0 saturated carbocycles. The molecule has 0 N–H and O–H groups in total. The van der Waals surface area contributed by atoms with Crippen molar-refractivity contribution in [2.24, 2.45) is 0 Å². The smallest absolute Gasteiger partial charge is 0.254 e. The zero-order valence-electron chi connectivity index (χ0n) is 20.2. The van der Waals surface area contributed by atoms with E-state index in [-0.39, 0.29) is 29.5 Å². The van der Waals surface area contributed by atoms with Crippen molar-refractivity contribution in [2.75, 3.05) is 26.9 Å². The summed E-state index contributed by atoms with van der Waals surface area (Å²) in [4.78, 5) is 19.2. The van der Waals surface area contributed by atoms with Crippen molar-refractivity contribution in [2.45, 2.75) is 42.9 Å². The van der Waals surface area contributed by atoms with E-state index in [1.807, 2.05) is 6.07 Å². The fourth-order valence-corrected chi connectivity index (χ4v) is 5.73. The lowest BCUT2D eigenvalue weighted by Gasteiger charge is -2.24. The van der Waals surface area contributed by atoms with Crippen LogP contribution in [0.2, 0.25) is 0 Å². The van der Waals surface area contributed by atoms with Crippen LogP contribution in [-0.4, -0.2) is 61.7 Å². The van der Waals surface area contributed by atoms with Crippen LogP contribution in [0.1, 0.15) is 34.5 Å². The van der Waals surface area contributed by atoms with Gasteiger partial charge >= 0.3 is 0 Å². The van der Waals surface area contributed by atoms with Gasteiger partial charge in [0.15, 0.2) is 0 Å². The van der Waals surface area contributed by atoms with Gasteiger partial charge in [0.1, 0.15) is 5.82 Å². The van der Waals surface area contributed by atoms with Crippen LogP contribution in [0, 0.1) is 5.82 Å². The highest BCUT2D eigenvalue weighted by Gasteiger charge is 2.28. The second-order valence-electron chi connectivity index (χ2n) is 8.75. The number of amides is 1. The zero-order chi connectivity index (χ0) is 25.5. The van der Waals surface area contributed by atoms with E-state index in [9.17, 15) is 17.6 Å². The Kier molecular flexibility index (Phi) is 8.50. The number of nitrogens with zero attached hydrogens (tertiary/aromatic N) is 3. The van der Waals surface area contributed by atoms with E-state index in [2.05, 4.69) is 4.98 Å². The Morgan fingerprint density at radius 3 is 2.61 bits per heavy atom. The molecule has 1 amide bonds. The minimum atomic E-state index is -3.86. The van der Waals surface area contributed by atoms with Crippen molar-refractivity contribution in [1.82, 2.24) is 14.5 Å². The summed E-state index contributed by atoms with van der Waals surface area (Å²) < 4.78 is 52.7. The molecule has 2 heterocycles. The van der Waals surface area contributed by atoms with E-state index < -0.39 is 15.7 Å². The number of halogens is 1. The number of aromatic nitrogens is 2. The first-order valence-corrected chi connectivity index (χ1v) is 13.5. The fourth-order valence-electron chi connectivity index (χ4n) is 4.23. The Morgan fingerprint density at radius 2 is 1.94 bits per heavy atom. The van der Waals surface area contributed by atoms with Crippen molar-refractivity contribution in [3.8, 4) is 0 Å². The molecule has 36 heavy (non-hydrogen) atoms. The zero-order valence-corrected chi connectivity index (χ0v) is 21.0. The maximum atomic E-state index is 13.4. The summed E-state index contributed by atoms with van der Waals surface area (Å²) in [7, 11) is -2.29. The lowest BCUT2D eigenvalue weighted by molar-refractivity contribution is 0.0668. The van der Waals surface area contributed by atoms with E-state index in [0.717, 1.165) is 12.8 Å². The summed E-state index contributed by atoms with van der Waals surface area (Å²) in [6.07, 6.45) is 3.07. The number of hydrogen-bond acceptors (Lipinski definition) is 6. The molecule has 0 unspecified atom stereocenters. The molecule has 0 spiro atoms. The van der Waals surface area contributed by atoms with Gasteiger partial charge in [-0.3, -0.25) is 4.79 Å². The molecule has 1 fully saturated rings. The highest BCUT2D eigenvalue weighted by molar-refractivity contribution is 7.90. The Morgan fingerprint density at radius 1 is 1.19 bits per heavy atom. The number of imidazole rings is 1. The third kappa shape index (κ3) is 6.37.